The van der Waals surface area contributed by atoms with Gasteiger partial charge < -0.3 is 15.5 Å². The van der Waals surface area contributed by atoms with E-state index in [0.717, 1.165) is 39.3 Å². The molecule has 3 N–H and O–H groups in total. The summed E-state index contributed by atoms with van der Waals surface area (Å²) in [6.07, 6.45) is 0.714. The number of halogens is 1. The zero-order valence-electron chi connectivity index (χ0n) is 8.83. The summed E-state index contributed by atoms with van der Waals surface area (Å²) in [4.78, 5) is 4.83. The summed E-state index contributed by atoms with van der Waals surface area (Å²) in [6.45, 7) is 8.88. The minimum absolute atomic E-state index is 0. The third-order valence-electron chi connectivity index (χ3n) is 2.61. The first-order chi connectivity index (χ1) is 6.22. The Bertz CT molecular complexity index is 166. The monoisotopic (exact) mass is 220 g/mol. The van der Waals surface area contributed by atoms with E-state index in [0.29, 0.717) is 12.3 Å². The zero-order valence-corrected chi connectivity index (χ0v) is 9.65. The van der Waals surface area contributed by atoms with Crippen molar-refractivity contribution in [2.75, 3.05) is 39.3 Å². The predicted molar refractivity (Wildman–Crippen MR) is 62.3 cm³/mol. The Kier molecular flexibility index (Phi) is 6.87. The molecule has 0 atom stereocenters. The molecule has 0 aromatic carbocycles. The lowest BCUT2D eigenvalue weighted by atomic mass is 10.3. The number of hydrogen-bond donors (Lipinski definition) is 2. The van der Waals surface area contributed by atoms with Gasteiger partial charge in [0.05, 0.1) is 5.84 Å². The summed E-state index contributed by atoms with van der Waals surface area (Å²) in [6, 6.07) is 0. The molecular weight excluding hydrogens is 200 g/mol. The number of nitrogens with two attached hydrogens (primary N) is 1. The zero-order chi connectivity index (χ0) is 9.68. The second kappa shape index (κ2) is 7.04. The quantitative estimate of drug-likeness (QED) is 0.532. The number of amidine groups is 1. The predicted octanol–water partition coefficient (Wildman–Crippen LogP) is 0.372. The molecule has 0 aromatic rings. The van der Waals surface area contributed by atoms with Crippen molar-refractivity contribution >= 4 is 18.2 Å². The largest absolute Gasteiger partial charge is 0.388 e. The molecule has 1 aliphatic heterocycles. The van der Waals surface area contributed by atoms with Crippen LogP contribution in [-0.4, -0.2) is 54.9 Å². The fourth-order valence-corrected chi connectivity index (χ4v) is 1.61. The maximum absolute atomic E-state index is 7.13. The Hall–Kier alpha value is -0.320. The van der Waals surface area contributed by atoms with Crippen LogP contribution in [0.2, 0.25) is 0 Å². The lowest BCUT2D eigenvalue weighted by Crippen LogP contribution is -2.46. The van der Waals surface area contributed by atoms with Gasteiger partial charge in [0.15, 0.2) is 0 Å². The fraction of sp³-hybridized carbons (Fsp3) is 0.889. The van der Waals surface area contributed by atoms with Crippen LogP contribution < -0.4 is 5.73 Å². The van der Waals surface area contributed by atoms with E-state index in [1.807, 2.05) is 0 Å². The molecular formula is C9H21ClN4. The molecule has 0 aromatic heterocycles. The molecule has 1 saturated heterocycles. The first-order valence-electron chi connectivity index (χ1n) is 5.00. The van der Waals surface area contributed by atoms with Crippen molar-refractivity contribution in [3.8, 4) is 0 Å². The molecule has 0 aliphatic carbocycles. The highest BCUT2D eigenvalue weighted by Crippen LogP contribution is 2.01. The van der Waals surface area contributed by atoms with Gasteiger partial charge in [0, 0.05) is 39.1 Å². The molecule has 14 heavy (non-hydrogen) atoms. The molecule has 1 aliphatic rings. The van der Waals surface area contributed by atoms with Gasteiger partial charge in [0.1, 0.15) is 0 Å². The highest BCUT2D eigenvalue weighted by atomic mass is 35.5. The number of piperazine rings is 1. The summed E-state index contributed by atoms with van der Waals surface area (Å²) in [7, 11) is 0. The molecule has 4 nitrogen and oxygen atoms in total. The van der Waals surface area contributed by atoms with Gasteiger partial charge in [-0.1, -0.05) is 6.92 Å². The van der Waals surface area contributed by atoms with Crippen molar-refractivity contribution in [2.24, 2.45) is 5.73 Å². The van der Waals surface area contributed by atoms with E-state index in [4.69, 9.17) is 11.1 Å². The van der Waals surface area contributed by atoms with E-state index < -0.39 is 0 Å². The van der Waals surface area contributed by atoms with Crippen molar-refractivity contribution in [1.82, 2.24) is 9.80 Å². The van der Waals surface area contributed by atoms with E-state index in [-0.39, 0.29) is 12.4 Å². The molecule has 0 spiro atoms. The van der Waals surface area contributed by atoms with Gasteiger partial charge in [-0.25, -0.2) is 0 Å². The smallest absolute Gasteiger partial charge is 0.0918 e. The van der Waals surface area contributed by atoms with Crippen LogP contribution in [0.15, 0.2) is 0 Å². The van der Waals surface area contributed by atoms with Gasteiger partial charge in [0.25, 0.3) is 0 Å². The van der Waals surface area contributed by atoms with Gasteiger partial charge in [-0.15, -0.1) is 12.4 Å². The van der Waals surface area contributed by atoms with Crippen LogP contribution in [0.1, 0.15) is 13.3 Å². The molecule has 1 heterocycles. The molecule has 1 rings (SSSR count). The molecule has 0 amide bonds. The van der Waals surface area contributed by atoms with Crippen LogP contribution in [0, 0.1) is 5.41 Å². The van der Waals surface area contributed by atoms with E-state index in [2.05, 4.69) is 16.7 Å². The summed E-state index contributed by atoms with van der Waals surface area (Å²) in [5.41, 5.74) is 5.31. The van der Waals surface area contributed by atoms with Crippen LogP contribution in [0.4, 0.5) is 0 Å². The third-order valence-corrected chi connectivity index (χ3v) is 2.61. The van der Waals surface area contributed by atoms with Gasteiger partial charge in [-0.3, -0.25) is 5.41 Å². The number of nitrogens with one attached hydrogen (secondary N) is 1. The van der Waals surface area contributed by atoms with Crippen LogP contribution in [-0.2, 0) is 0 Å². The van der Waals surface area contributed by atoms with Crippen molar-refractivity contribution in [2.45, 2.75) is 13.3 Å². The second-order valence-electron chi connectivity index (χ2n) is 3.55. The number of rotatable bonds is 4. The maximum atomic E-state index is 7.13. The topological polar surface area (TPSA) is 56.4 Å². The first kappa shape index (κ1) is 13.7. The molecule has 0 bridgehead atoms. The van der Waals surface area contributed by atoms with Gasteiger partial charge in [-0.05, 0) is 6.54 Å². The second-order valence-corrected chi connectivity index (χ2v) is 3.55. The van der Waals surface area contributed by atoms with Crippen LogP contribution in [0.25, 0.3) is 0 Å². The fourth-order valence-electron chi connectivity index (χ4n) is 1.61. The summed E-state index contributed by atoms with van der Waals surface area (Å²) in [5, 5.41) is 7.13. The SMILES string of the molecule is CCN1CCN(CCC(=N)N)CC1.Cl. The lowest BCUT2D eigenvalue weighted by Gasteiger charge is -2.33. The molecule has 1 fully saturated rings. The van der Waals surface area contributed by atoms with Crippen molar-refractivity contribution < 1.29 is 0 Å². The molecule has 84 valence electrons. The van der Waals surface area contributed by atoms with E-state index in [9.17, 15) is 0 Å². The average Bonchev–Trinajstić information content (AvgIpc) is 2.15. The number of hydrogen-bond acceptors (Lipinski definition) is 3. The van der Waals surface area contributed by atoms with Crippen molar-refractivity contribution in [3.05, 3.63) is 0 Å². The normalized spacial score (nSPS) is 18.9. The highest BCUT2D eigenvalue weighted by molar-refractivity contribution is 5.85. The molecule has 5 heteroatoms. The molecule has 0 saturated carbocycles. The number of likely N-dealkylation sites (N-methyl/N-ethyl adjacent to an activating group) is 1. The Morgan fingerprint density at radius 1 is 1.21 bits per heavy atom. The minimum atomic E-state index is 0. The van der Waals surface area contributed by atoms with Crippen LogP contribution in [0.5, 0.6) is 0 Å². The summed E-state index contributed by atoms with van der Waals surface area (Å²) < 4.78 is 0. The molecule has 0 unspecified atom stereocenters. The number of nitrogens with zero attached hydrogens (tertiary/aromatic N) is 2. The lowest BCUT2D eigenvalue weighted by molar-refractivity contribution is 0.140. The molecule has 0 radical (unpaired) electrons. The van der Waals surface area contributed by atoms with Crippen molar-refractivity contribution in [3.63, 3.8) is 0 Å². The Labute approximate surface area is 92.4 Å². The standard InChI is InChI=1S/C9H20N4.ClH/c1-2-12-5-7-13(8-6-12)4-3-9(10)11;/h2-8H2,1H3,(H3,10,11);1H. The van der Waals surface area contributed by atoms with Gasteiger partial charge in [0.2, 0.25) is 0 Å². The highest BCUT2D eigenvalue weighted by Gasteiger charge is 2.14. The maximum Gasteiger partial charge on any atom is 0.0918 e. The minimum Gasteiger partial charge on any atom is -0.388 e. The van der Waals surface area contributed by atoms with Gasteiger partial charge in [-0.2, -0.15) is 0 Å². The summed E-state index contributed by atoms with van der Waals surface area (Å²) in [5.74, 6) is 0.304. The summed E-state index contributed by atoms with van der Waals surface area (Å²) >= 11 is 0. The first-order valence-corrected chi connectivity index (χ1v) is 5.00. The van der Waals surface area contributed by atoms with E-state index in [1.165, 1.54) is 0 Å². The Morgan fingerprint density at radius 2 is 1.71 bits per heavy atom. The van der Waals surface area contributed by atoms with E-state index in [1.54, 1.807) is 0 Å². The van der Waals surface area contributed by atoms with E-state index >= 15 is 0 Å². The third kappa shape index (κ3) is 4.79. The van der Waals surface area contributed by atoms with Crippen LogP contribution in [0.3, 0.4) is 0 Å². The van der Waals surface area contributed by atoms with Gasteiger partial charge >= 0.3 is 0 Å². The Morgan fingerprint density at radius 3 is 2.14 bits per heavy atom. The van der Waals surface area contributed by atoms with Crippen molar-refractivity contribution in [1.29, 1.82) is 5.41 Å². The average molecular weight is 221 g/mol. The Balaban J connectivity index is 0.00000169. The van der Waals surface area contributed by atoms with Crippen LogP contribution >= 0.6 is 12.4 Å².